The molecule has 2 N–H and O–H groups in total. The highest BCUT2D eigenvalue weighted by molar-refractivity contribution is 14.0. The molecule has 126 valence electrons. The molecule has 0 aromatic carbocycles. The van der Waals surface area contributed by atoms with E-state index in [1.54, 1.807) is 11.3 Å². The molecule has 0 spiro atoms. The molecule has 0 amide bonds. The third-order valence-corrected chi connectivity index (χ3v) is 4.43. The van der Waals surface area contributed by atoms with Gasteiger partial charge in [-0.2, -0.15) is 0 Å². The number of rotatable bonds is 7. The van der Waals surface area contributed by atoms with Gasteiger partial charge in [-0.15, -0.1) is 35.3 Å². The topological polar surface area (TPSA) is 52.6 Å². The van der Waals surface area contributed by atoms with Crippen LogP contribution in [0, 0.1) is 6.92 Å². The van der Waals surface area contributed by atoms with Crippen LogP contribution in [-0.2, 0) is 6.54 Å². The average molecular weight is 437 g/mol. The number of hydrogen-bond acceptors (Lipinski definition) is 4. The highest BCUT2D eigenvalue weighted by Gasteiger charge is 2.10. The van der Waals surface area contributed by atoms with Gasteiger partial charge in [0.2, 0.25) is 0 Å². The first-order valence-corrected chi connectivity index (χ1v) is 8.75. The maximum Gasteiger partial charge on any atom is 0.191 e. The molecule has 2 rings (SSSR count). The van der Waals surface area contributed by atoms with E-state index >= 15 is 0 Å². The number of nitrogens with zero attached hydrogens (tertiary/aromatic N) is 3. The van der Waals surface area contributed by atoms with Crippen LogP contribution < -0.4 is 10.6 Å². The predicted octanol–water partition coefficient (Wildman–Crippen LogP) is 2.61. The summed E-state index contributed by atoms with van der Waals surface area (Å²) < 4.78 is 0. The van der Waals surface area contributed by atoms with E-state index in [2.05, 4.69) is 39.4 Å². The van der Waals surface area contributed by atoms with Gasteiger partial charge in [-0.1, -0.05) is 0 Å². The van der Waals surface area contributed by atoms with E-state index in [-0.39, 0.29) is 24.0 Å². The fourth-order valence-electron chi connectivity index (χ4n) is 2.48. The molecule has 22 heavy (non-hydrogen) atoms. The fraction of sp³-hybridized carbons (Fsp3) is 0.733. The lowest BCUT2D eigenvalue weighted by Crippen LogP contribution is -2.38. The van der Waals surface area contributed by atoms with Crippen molar-refractivity contribution in [2.75, 3.05) is 32.7 Å². The minimum Gasteiger partial charge on any atom is -0.357 e. The van der Waals surface area contributed by atoms with E-state index in [4.69, 9.17) is 0 Å². The Morgan fingerprint density at radius 1 is 1.36 bits per heavy atom. The summed E-state index contributed by atoms with van der Waals surface area (Å²) in [5.41, 5.74) is 0. The van der Waals surface area contributed by atoms with Crippen LogP contribution >= 0.6 is 35.3 Å². The lowest BCUT2D eigenvalue weighted by Gasteiger charge is -2.15. The highest BCUT2D eigenvalue weighted by Crippen LogP contribution is 2.11. The van der Waals surface area contributed by atoms with Gasteiger partial charge in [0.1, 0.15) is 5.01 Å². The van der Waals surface area contributed by atoms with Gasteiger partial charge in [0.05, 0.1) is 6.54 Å². The first kappa shape index (κ1) is 19.6. The zero-order chi connectivity index (χ0) is 14.9. The van der Waals surface area contributed by atoms with E-state index in [9.17, 15) is 0 Å². The van der Waals surface area contributed by atoms with Crippen LogP contribution in [0.1, 0.15) is 36.1 Å². The minimum atomic E-state index is 0. The molecule has 1 aromatic heterocycles. The van der Waals surface area contributed by atoms with Crippen molar-refractivity contribution in [1.29, 1.82) is 0 Å². The summed E-state index contributed by atoms with van der Waals surface area (Å²) in [5.74, 6) is 0.895. The number of hydrogen-bond donors (Lipinski definition) is 2. The molecule has 1 fully saturated rings. The third kappa shape index (κ3) is 7.23. The second kappa shape index (κ2) is 11.2. The number of halogens is 1. The van der Waals surface area contributed by atoms with Gasteiger partial charge in [0.25, 0.3) is 0 Å². The predicted molar refractivity (Wildman–Crippen MR) is 105 cm³/mol. The van der Waals surface area contributed by atoms with Crippen molar-refractivity contribution in [2.45, 2.75) is 39.7 Å². The Morgan fingerprint density at radius 2 is 2.14 bits per heavy atom. The Morgan fingerprint density at radius 3 is 2.77 bits per heavy atom. The fourth-order valence-corrected chi connectivity index (χ4v) is 3.19. The lowest BCUT2D eigenvalue weighted by atomic mass is 10.4. The lowest BCUT2D eigenvalue weighted by molar-refractivity contribution is 0.334. The Labute approximate surface area is 155 Å². The molecule has 0 aliphatic carbocycles. The molecular weight excluding hydrogens is 409 g/mol. The van der Waals surface area contributed by atoms with Crippen molar-refractivity contribution in [3.05, 3.63) is 16.1 Å². The van der Waals surface area contributed by atoms with Crippen molar-refractivity contribution in [1.82, 2.24) is 20.5 Å². The van der Waals surface area contributed by atoms with E-state index < -0.39 is 0 Å². The SMILES string of the molecule is CCNC(=NCc1ncc(C)s1)NCCCN1CCCC1.I. The number of guanidine groups is 1. The molecule has 1 aliphatic rings. The second-order valence-electron chi connectivity index (χ2n) is 5.39. The Balaban J connectivity index is 0.00000242. The molecule has 7 heteroatoms. The van der Waals surface area contributed by atoms with Crippen molar-refractivity contribution >= 4 is 41.3 Å². The molecule has 1 saturated heterocycles. The molecule has 0 atom stereocenters. The molecular formula is C15H28IN5S. The Bertz CT molecular complexity index is 443. The Kier molecular flexibility index (Phi) is 9.98. The maximum absolute atomic E-state index is 4.60. The van der Waals surface area contributed by atoms with Gasteiger partial charge in [-0.3, -0.25) is 0 Å². The summed E-state index contributed by atoms with van der Waals surface area (Å²) >= 11 is 1.71. The monoisotopic (exact) mass is 437 g/mol. The van der Waals surface area contributed by atoms with Crippen LogP contribution in [0.25, 0.3) is 0 Å². The van der Waals surface area contributed by atoms with Crippen LogP contribution in [0.4, 0.5) is 0 Å². The van der Waals surface area contributed by atoms with Gasteiger partial charge in [-0.05, 0) is 52.7 Å². The standard InChI is InChI=1S/C15H27N5S.HI/c1-3-16-15(19-12-14-18-11-13(2)21-14)17-7-6-10-20-8-4-5-9-20;/h11H,3-10,12H2,1-2H3,(H2,16,17,19);1H. The number of aliphatic imine (C=N–C) groups is 1. The third-order valence-electron chi connectivity index (χ3n) is 3.53. The first-order valence-electron chi connectivity index (χ1n) is 7.94. The normalized spacial score (nSPS) is 15.6. The molecule has 0 bridgehead atoms. The van der Waals surface area contributed by atoms with E-state index in [0.717, 1.165) is 24.1 Å². The van der Waals surface area contributed by atoms with Crippen LogP contribution in [-0.4, -0.2) is 48.6 Å². The van der Waals surface area contributed by atoms with Crippen LogP contribution in [0.3, 0.4) is 0 Å². The number of likely N-dealkylation sites (tertiary alicyclic amines) is 1. The highest BCUT2D eigenvalue weighted by atomic mass is 127. The maximum atomic E-state index is 4.60. The summed E-state index contributed by atoms with van der Waals surface area (Å²) in [7, 11) is 0. The van der Waals surface area contributed by atoms with Gasteiger partial charge in [-0.25, -0.2) is 9.98 Å². The van der Waals surface area contributed by atoms with Crippen molar-refractivity contribution in [3.8, 4) is 0 Å². The summed E-state index contributed by atoms with van der Waals surface area (Å²) in [5, 5.41) is 7.77. The van der Waals surface area contributed by atoms with Gasteiger partial charge >= 0.3 is 0 Å². The van der Waals surface area contributed by atoms with E-state index in [1.807, 2.05) is 6.20 Å². The smallest absolute Gasteiger partial charge is 0.191 e. The molecule has 0 radical (unpaired) electrons. The molecule has 0 saturated carbocycles. The summed E-state index contributed by atoms with van der Waals surface area (Å²) in [6.07, 6.45) is 5.81. The molecule has 5 nitrogen and oxygen atoms in total. The summed E-state index contributed by atoms with van der Waals surface area (Å²) in [6, 6.07) is 0. The zero-order valence-corrected chi connectivity index (χ0v) is 16.7. The molecule has 1 aromatic rings. The van der Waals surface area contributed by atoms with Crippen molar-refractivity contribution in [2.24, 2.45) is 4.99 Å². The van der Waals surface area contributed by atoms with Crippen LogP contribution in [0.2, 0.25) is 0 Å². The van der Waals surface area contributed by atoms with Crippen LogP contribution in [0.15, 0.2) is 11.2 Å². The van der Waals surface area contributed by atoms with Gasteiger partial charge < -0.3 is 15.5 Å². The zero-order valence-electron chi connectivity index (χ0n) is 13.6. The van der Waals surface area contributed by atoms with Gasteiger partial charge in [0, 0.05) is 24.2 Å². The number of aromatic nitrogens is 1. The average Bonchev–Trinajstić information content (AvgIpc) is 3.12. The summed E-state index contributed by atoms with van der Waals surface area (Å²) in [6.45, 7) is 10.4. The minimum absolute atomic E-state index is 0. The number of nitrogens with one attached hydrogen (secondary N) is 2. The van der Waals surface area contributed by atoms with E-state index in [0.29, 0.717) is 6.54 Å². The largest absolute Gasteiger partial charge is 0.357 e. The molecule has 0 unspecified atom stereocenters. The second-order valence-corrected chi connectivity index (χ2v) is 6.71. The molecule has 1 aliphatic heterocycles. The summed E-state index contributed by atoms with van der Waals surface area (Å²) in [4.78, 5) is 12.7. The Hall–Kier alpha value is -0.410. The van der Waals surface area contributed by atoms with E-state index in [1.165, 1.54) is 43.8 Å². The van der Waals surface area contributed by atoms with Gasteiger partial charge in [0.15, 0.2) is 5.96 Å². The molecule has 2 heterocycles. The number of aryl methyl sites for hydroxylation is 1. The number of thiazole rings is 1. The first-order chi connectivity index (χ1) is 10.3. The van der Waals surface area contributed by atoms with Crippen molar-refractivity contribution < 1.29 is 0 Å². The van der Waals surface area contributed by atoms with Crippen molar-refractivity contribution in [3.63, 3.8) is 0 Å². The van der Waals surface area contributed by atoms with Crippen LogP contribution in [0.5, 0.6) is 0 Å². The quantitative estimate of drug-likeness (QED) is 0.298.